The Morgan fingerprint density at radius 3 is 3.10 bits per heavy atom. The topological polar surface area (TPSA) is 22.1 Å². The molecule has 0 saturated heterocycles. The summed E-state index contributed by atoms with van der Waals surface area (Å²) in [5.74, 6) is 0. The third kappa shape index (κ3) is 2.22. The maximum absolute atomic E-state index is 4.92. The van der Waals surface area contributed by atoms with E-state index in [1.807, 2.05) is 12.1 Å². The molecule has 0 aliphatic heterocycles. The van der Waals surface area contributed by atoms with Gasteiger partial charge in [-0.3, -0.25) is 4.98 Å². The van der Waals surface area contributed by atoms with Gasteiger partial charge >= 0.3 is 0 Å². The first-order chi connectivity index (χ1) is 4.83. The van der Waals surface area contributed by atoms with E-state index in [2.05, 4.69) is 27.6 Å². The number of hydrogen-bond donors (Lipinski definition) is 0. The number of aromatic nitrogens is 1. The highest BCUT2D eigenvalue weighted by Crippen LogP contribution is 2.04. The minimum Gasteiger partial charge on any atom is -0.378 e. The van der Waals surface area contributed by atoms with Gasteiger partial charge in [0.05, 0.1) is 12.3 Å². The largest absolute Gasteiger partial charge is 0.378 e. The van der Waals surface area contributed by atoms with Crippen LogP contribution in [0.1, 0.15) is 5.69 Å². The van der Waals surface area contributed by atoms with E-state index >= 15 is 0 Å². The summed E-state index contributed by atoms with van der Waals surface area (Å²) in [6.07, 6.45) is 1.79. The molecule has 1 aromatic heterocycles. The summed E-state index contributed by atoms with van der Waals surface area (Å²) in [6.45, 7) is 0.594. The molecule has 54 valence electrons. The fourth-order valence-electron chi connectivity index (χ4n) is 0.676. The highest BCUT2D eigenvalue weighted by molar-refractivity contribution is 14.1. The normalized spacial score (nSPS) is 9.80. The molecule has 0 aromatic carbocycles. The minimum atomic E-state index is 0.594. The van der Waals surface area contributed by atoms with Gasteiger partial charge in [-0.1, -0.05) is 0 Å². The summed E-state index contributed by atoms with van der Waals surface area (Å²) in [4.78, 5) is 4.10. The highest BCUT2D eigenvalue weighted by Gasteiger charge is 1.91. The molecule has 0 N–H and O–H groups in total. The monoisotopic (exact) mass is 249 g/mol. The molecular weight excluding hydrogens is 241 g/mol. The summed E-state index contributed by atoms with van der Waals surface area (Å²) in [5.41, 5.74) is 0.981. The molecule has 10 heavy (non-hydrogen) atoms. The van der Waals surface area contributed by atoms with Crippen molar-refractivity contribution in [2.75, 3.05) is 7.11 Å². The lowest BCUT2D eigenvalue weighted by atomic mass is 10.4. The molecule has 1 rings (SSSR count). The van der Waals surface area contributed by atoms with Crippen LogP contribution >= 0.6 is 22.6 Å². The molecule has 1 heterocycles. The van der Waals surface area contributed by atoms with Crippen molar-refractivity contribution in [1.82, 2.24) is 4.98 Å². The van der Waals surface area contributed by atoms with Crippen LogP contribution in [-0.4, -0.2) is 12.1 Å². The Bertz CT molecular complexity index is 215. The lowest BCUT2D eigenvalue weighted by Gasteiger charge is -1.96. The van der Waals surface area contributed by atoms with E-state index < -0.39 is 0 Å². The number of methoxy groups -OCH3 is 1. The van der Waals surface area contributed by atoms with Gasteiger partial charge in [0.25, 0.3) is 0 Å². The Hall–Kier alpha value is -0.160. The highest BCUT2D eigenvalue weighted by atomic mass is 127. The van der Waals surface area contributed by atoms with Gasteiger partial charge in [-0.2, -0.15) is 0 Å². The maximum atomic E-state index is 4.92. The van der Waals surface area contributed by atoms with E-state index in [-0.39, 0.29) is 0 Å². The Balaban J connectivity index is 2.75. The van der Waals surface area contributed by atoms with Crippen LogP contribution in [0.15, 0.2) is 18.3 Å². The van der Waals surface area contributed by atoms with E-state index in [0.717, 1.165) is 5.69 Å². The third-order valence-corrected chi connectivity index (χ3v) is 1.74. The van der Waals surface area contributed by atoms with Gasteiger partial charge in [-0.05, 0) is 34.7 Å². The predicted octanol–water partition coefficient (Wildman–Crippen LogP) is 1.83. The molecule has 0 amide bonds. The quantitative estimate of drug-likeness (QED) is 0.746. The Kier molecular flexibility index (Phi) is 3.08. The second-order valence-corrected chi connectivity index (χ2v) is 3.14. The SMILES string of the molecule is COCc1cc(I)ccn1. The molecule has 0 bridgehead atoms. The second kappa shape index (κ2) is 3.88. The van der Waals surface area contributed by atoms with Gasteiger partial charge < -0.3 is 4.74 Å². The number of pyridine rings is 1. The van der Waals surface area contributed by atoms with Crippen molar-refractivity contribution in [3.8, 4) is 0 Å². The molecule has 0 unspecified atom stereocenters. The zero-order valence-electron chi connectivity index (χ0n) is 5.67. The van der Waals surface area contributed by atoms with Gasteiger partial charge in [-0.15, -0.1) is 0 Å². The van der Waals surface area contributed by atoms with Gasteiger partial charge in [0.15, 0.2) is 0 Å². The molecular formula is C7H8INO. The van der Waals surface area contributed by atoms with E-state index in [0.29, 0.717) is 6.61 Å². The van der Waals surface area contributed by atoms with Crippen molar-refractivity contribution in [3.63, 3.8) is 0 Å². The van der Waals surface area contributed by atoms with Crippen LogP contribution < -0.4 is 0 Å². The third-order valence-electron chi connectivity index (χ3n) is 1.07. The molecule has 0 aliphatic carbocycles. The first-order valence-corrected chi connectivity index (χ1v) is 4.00. The van der Waals surface area contributed by atoms with Crippen LogP contribution in [0.3, 0.4) is 0 Å². The summed E-state index contributed by atoms with van der Waals surface area (Å²) in [6, 6.07) is 3.96. The smallest absolute Gasteiger partial charge is 0.0884 e. The molecule has 0 atom stereocenters. The van der Waals surface area contributed by atoms with E-state index in [1.165, 1.54) is 3.57 Å². The molecule has 1 aromatic rings. The van der Waals surface area contributed by atoms with Gasteiger partial charge in [0.1, 0.15) is 0 Å². The number of halogens is 1. The summed E-state index contributed by atoms with van der Waals surface area (Å²) >= 11 is 2.25. The molecule has 0 saturated carbocycles. The molecule has 0 spiro atoms. The van der Waals surface area contributed by atoms with Crippen molar-refractivity contribution in [2.24, 2.45) is 0 Å². The van der Waals surface area contributed by atoms with E-state index in [9.17, 15) is 0 Å². The van der Waals surface area contributed by atoms with Crippen LogP contribution in [-0.2, 0) is 11.3 Å². The van der Waals surface area contributed by atoms with Gasteiger partial charge in [0, 0.05) is 16.9 Å². The molecule has 0 radical (unpaired) electrons. The number of hydrogen-bond acceptors (Lipinski definition) is 2. The van der Waals surface area contributed by atoms with Crippen LogP contribution in [0.2, 0.25) is 0 Å². The van der Waals surface area contributed by atoms with Gasteiger partial charge in [0.2, 0.25) is 0 Å². The zero-order chi connectivity index (χ0) is 7.40. The minimum absolute atomic E-state index is 0.594. The van der Waals surface area contributed by atoms with Crippen LogP contribution in [0.25, 0.3) is 0 Å². The zero-order valence-corrected chi connectivity index (χ0v) is 7.83. The van der Waals surface area contributed by atoms with Crippen molar-refractivity contribution in [2.45, 2.75) is 6.61 Å². The second-order valence-electron chi connectivity index (χ2n) is 1.90. The fourth-order valence-corrected chi connectivity index (χ4v) is 1.20. The maximum Gasteiger partial charge on any atom is 0.0884 e. The van der Waals surface area contributed by atoms with Gasteiger partial charge in [-0.25, -0.2) is 0 Å². The average molecular weight is 249 g/mol. The lowest BCUT2D eigenvalue weighted by molar-refractivity contribution is 0.181. The van der Waals surface area contributed by atoms with Crippen molar-refractivity contribution >= 4 is 22.6 Å². The Labute approximate surface area is 73.8 Å². The first kappa shape index (κ1) is 7.94. The standard InChI is InChI=1S/C7H8INO/c1-10-5-7-4-6(8)2-3-9-7/h2-4H,5H2,1H3. The Morgan fingerprint density at radius 1 is 1.70 bits per heavy atom. The van der Waals surface area contributed by atoms with E-state index in [1.54, 1.807) is 13.3 Å². The molecule has 2 nitrogen and oxygen atoms in total. The molecule has 0 aliphatic rings. The lowest BCUT2D eigenvalue weighted by Crippen LogP contribution is -1.91. The number of ether oxygens (including phenoxy) is 1. The van der Waals surface area contributed by atoms with Crippen molar-refractivity contribution in [3.05, 3.63) is 27.6 Å². The van der Waals surface area contributed by atoms with Crippen LogP contribution in [0.5, 0.6) is 0 Å². The summed E-state index contributed by atoms with van der Waals surface area (Å²) in [7, 11) is 1.67. The molecule has 0 fully saturated rings. The molecule has 3 heteroatoms. The van der Waals surface area contributed by atoms with E-state index in [4.69, 9.17) is 4.74 Å². The van der Waals surface area contributed by atoms with Crippen LogP contribution in [0.4, 0.5) is 0 Å². The van der Waals surface area contributed by atoms with Crippen LogP contribution in [0, 0.1) is 3.57 Å². The first-order valence-electron chi connectivity index (χ1n) is 2.92. The number of nitrogens with zero attached hydrogens (tertiary/aromatic N) is 1. The average Bonchev–Trinajstić information content (AvgIpc) is 1.88. The predicted molar refractivity (Wildman–Crippen MR) is 47.7 cm³/mol. The number of rotatable bonds is 2. The Morgan fingerprint density at radius 2 is 2.50 bits per heavy atom. The summed E-state index contributed by atoms with van der Waals surface area (Å²) in [5, 5.41) is 0. The van der Waals surface area contributed by atoms with Crippen molar-refractivity contribution in [1.29, 1.82) is 0 Å². The fraction of sp³-hybridized carbons (Fsp3) is 0.286. The summed E-state index contributed by atoms with van der Waals surface area (Å²) < 4.78 is 6.11. The van der Waals surface area contributed by atoms with Crippen molar-refractivity contribution < 1.29 is 4.74 Å².